The van der Waals surface area contributed by atoms with E-state index in [2.05, 4.69) is 48.0 Å². The van der Waals surface area contributed by atoms with Gasteiger partial charge >= 0.3 is 0 Å². The summed E-state index contributed by atoms with van der Waals surface area (Å²) in [7, 11) is 1.96. The Morgan fingerprint density at radius 1 is 1.11 bits per heavy atom. The second-order valence-corrected chi connectivity index (χ2v) is 5.62. The molecule has 1 aromatic rings. The number of aromatic nitrogens is 3. The van der Waals surface area contributed by atoms with Crippen molar-refractivity contribution in [1.29, 1.82) is 0 Å². The molecule has 0 fully saturated rings. The van der Waals surface area contributed by atoms with Crippen LogP contribution in [0.4, 0.5) is 11.9 Å². The Hall–Kier alpha value is -1.10. The van der Waals surface area contributed by atoms with Crippen molar-refractivity contribution in [2.75, 3.05) is 30.4 Å². The van der Waals surface area contributed by atoms with Crippen LogP contribution in [0.2, 0.25) is 5.28 Å². The molecule has 0 amide bonds. The summed E-state index contributed by atoms with van der Waals surface area (Å²) in [6.07, 6.45) is 0. The van der Waals surface area contributed by atoms with Crippen molar-refractivity contribution in [3.63, 3.8) is 0 Å². The highest BCUT2D eigenvalue weighted by molar-refractivity contribution is 6.28. The lowest BCUT2D eigenvalue weighted by molar-refractivity contribution is 0.628. The van der Waals surface area contributed by atoms with Crippen molar-refractivity contribution in [3.8, 4) is 0 Å². The van der Waals surface area contributed by atoms with E-state index in [1.807, 2.05) is 11.9 Å². The molecular weight excluding hydrogens is 250 g/mol. The summed E-state index contributed by atoms with van der Waals surface area (Å²) in [6.45, 7) is 10.2. The average Bonchev–Trinajstić information content (AvgIpc) is 2.24. The van der Waals surface area contributed by atoms with E-state index in [1.165, 1.54) is 0 Å². The van der Waals surface area contributed by atoms with Gasteiger partial charge in [0.05, 0.1) is 0 Å². The van der Waals surface area contributed by atoms with Gasteiger partial charge in [0.15, 0.2) is 0 Å². The van der Waals surface area contributed by atoms with Crippen molar-refractivity contribution < 1.29 is 0 Å². The highest BCUT2D eigenvalue weighted by atomic mass is 35.5. The first kappa shape index (κ1) is 15.0. The van der Waals surface area contributed by atoms with E-state index < -0.39 is 0 Å². The van der Waals surface area contributed by atoms with Gasteiger partial charge < -0.3 is 10.2 Å². The fourth-order valence-electron chi connectivity index (χ4n) is 1.51. The van der Waals surface area contributed by atoms with Gasteiger partial charge in [0.2, 0.25) is 17.2 Å². The molecule has 0 unspecified atom stereocenters. The highest BCUT2D eigenvalue weighted by Crippen LogP contribution is 2.14. The maximum Gasteiger partial charge on any atom is 0.231 e. The second kappa shape index (κ2) is 6.73. The van der Waals surface area contributed by atoms with Gasteiger partial charge in [-0.25, -0.2) is 0 Å². The number of hydrogen-bond donors (Lipinski definition) is 1. The van der Waals surface area contributed by atoms with Gasteiger partial charge in [0, 0.05) is 20.1 Å². The third-order valence-electron chi connectivity index (χ3n) is 2.25. The van der Waals surface area contributed by atoms with Gasteiger partial charge in [-0.05, 0) is 23.4 Å². The number of anilines is 2. The average molecular weight is 272 g/mol. The molecule has 18 heavy (non-hydrogen) atoms. The van der Waals surface area contributed by atoms with E-state index in [0.717, 1.165) is 13.1 Å². The fourth-order valence-corrected chi connectivity index (χ4v) is 1.67. The van der Waals surface area contributed by atoms with Crippen LogP contribution in [0.3, 0.4) is 0 Å². The van der Waals surface area contributed by atoms with Crippen molar-refractivity contribution in [2.45, 2.75) is 27.7 Å². The van der Waals surface area contributed by atoms with Crippen LogP contribution in [0.15, 0.2) is 0 Å². The summed E-state index contributed by atoms with van der Waals surface area (Å²) in [5.41, 5.74) is 0. The van der Waals surface area contributed by atoms with Gasteiger partial charge in [-0.15, -0.1) is 0 Å². The van der Waals surface area contributed by atoms with Crippen LogP contribution in [0.1, 0.15) is 27.7 Å². The second-order valence-electron chi connectivity index (χ2n) is 5.28. The summed E-state index contributed by atoms with van der Waals surface area (Å²) in [6, 6.07) is 0. The van der Waals surface area contributed by atoms with E-state index in [4.69, 9.17) is 11.6 Å². The van der Waals surface area contributed by atoms with E-state index >= 15 is 0 Å². The van der Waals surface area contributed by atoms with Gasteiger partial charge in [-0.1, -0.05) is 27.7 Å². The van der Waals surface area contributed by atoms with Gasteiger partial charge in [-0.2, -0.15) is 15.0 Å². The van der Waals surface area contributed by atoms with Crippen LogP contribution in [0.5, 0.6) is 0 Å². The number of halogens is 1. The minimum Gasteiger partial charge on any atom is -0.354 e. The van der Waals surface area contributed by atoms with Gasteiger partial charge in [0.25, 0.3) is 0 Å². The van der Waals surface area contributed by atoms with Crippen LogP contribution >= 0.6 is 11.6 Å². The lowest BCUT2D eigenvalue weighted by Gasteiger charge is -2.19. The molecule has 6 heteroatoms. The molecular formula is C12H22ClN5. The lowest BCUT2D eigenvalue weighted by atomic mass is 10.2. The van der Waals surface area contributed by atoms with Gasteiger partial charge in [0.1, 0.15) is 0 Å². The van der Waals surface area contributed by atoms with E-state index in [1.54, 1.807) is 0 Å². The van der Waals surface area contributed by atoms with E-state index in [9.17, 15) is 0 Å². The predicted molar refractivity (Wildman–Crippen MR) is 76.3 cm³/mol. The smallest absolute Gasteiger partial charge is 0.231 e. The number of hydrogen-bond acceptors (Lipinski definition) is 5. The Morgan fingerprint density at radius 2 is 1.78 bits per heavy atom. The summed E-state index contributed by atoms with van der Waals surface area (Å²) in [5.74, 6) is 2.21. The Balaban J connectivity index is 2.79. The van der Waals surface area contributed by atoms with Crippen LogP contribution < -0.4 is 10.2 Å². The topological polar surface area (TPSA) is 53.9 Å². The number of nitrogens with one attached hydrogen (secondary N) is 1. The first-order valence-corrected chi connectivity index (χ1v) is 6.63. The maximum absolute atomic E-state index is 5.92. The minimum absolute atomic E-state index is 0.224. The first-order chi connectivity index (χ1) is 8.38. The number of nitrogens with zero attached hydrogens (tertiary/aromatic N) is 4. The fraction of sp³-hybridized carbons (Fsp3) is 0.750. The normalized spacial score (nSPS) is 11.1. The third-order valence-corrected chi connectivity index (χ3v) is 2.41. The standard InChI is InChI=1S/C12H22ClN5/c1-8(2)6-14-11-15-10(13)16-12(17-11)18(5)7-9(3)4/h8-9H,6-7H2,1-5H3,(H,14,15,16,17). The molecule has 0 saturated heterocycles. The lowest BCUT2D eigenvalue weighted by Crippen LogP contribution is -2.25. The predicted octanol–water partition coefficient (Wildman–Crippen LogP) is 2.69. The van der Waals surface area contributed by atoms with Gasteiger partial charge in [-0.3, -0.25) is 0 Å². The summed E-state index contributed by atoms with van der Waals surface area (Å²) in [5, 5.41) is 3.38. The Morgan fingerprint density at radius 3 is 2.33 bits per heavy atom. The monoisotopic (exact) mass is 271 g/mol. The molecule has 0 bridgehead atoms. The minimum atomic E-state index is 0.224. The molecule has 0 aliphatic heterocycles. The molecule has 102 valence electrons. The van der Waals surface area contributed by atoms with Crippen LogP contribution in [0, 0.1) is 11.8 Å². The largest absolute Gasteiger partial charge is 0.354 e. The van der Waals surface area contributed by atoms with Crippen LogP contribution in [0.25, 0.3) is 0 Å². The van der Waals surface area contributed by atoms with Crippen LogP contribution in [-0.4, -0.2) is 35.1 Å². The van der Waals surface area contributed by atoms with Crippen LogP contribution in [-0.2, 0) is 0 Å². The zero-order valence-corrected chi connectivity index (χ0v) is 12.5. The molecule has 5 nitrogen and oxygen atoms in total. The molecule has 0 spiro atoms. The summed E-state index contributed by atoms with van der Waals surface area (Å²) in [4.78, 5) is 14.6. The highest BCUT2D eigenvalue weighted by Gasteiger charge is 2.10. The summed E-state index contributed by atoms with van der Waals surface area (Å²) < 4.78 is 0. The molecule has 0 aliphatic carbocycles. The molecule has 1 rings (SSSR count). The van der Waals surface area contributed by atoms with Crippen molar-refractivity contribution in [3.05, 3.63) is 5.28 Å². The molecule has 0 aromatic carbocycles. The summed E-state index contributed by atoms with van der Waals surface area (Å²) >= 11 is 5.92. The number of rotatable bonds is 6. The first-order valence-electron chi connectivity index (χ1n) is 6.25. The quantitative estimate of drug-likeness (QED) is 0.862. The van der Waals surface area contributed by atoms with Crippen molar-refractivity contribution >= 4 is 23.5 Å². The Kier molecular flexibility index (Phi) is 5.59. The molecule has 1 N–H and O–H groups in total. The molecule has 0 aliphatic rings. The molecule has 1 heterocycles. The SMILES string of the molecule is CC(C)CNc1nc(Cl)nc(N(C)CC(C)C)n1. The third kappa shape index (κ3) is 5.04. The maximum atomic E-state index is 5.92. The molecule has 0 radical (unpaired) electrons. The molecule has 0 saturated carbocycles. The Labute approximate surface area is 114 Å². The van der Waals surface area contributed by atoms with E-state index in [0.29, 0.717) is 23.7 Å². The van der Waals surface area contributed by atoms with Crippen molar-refractivity contribution in [1.82, 2.24) is 15.0 Å². The van der Waals surface area contributed by atoms with E-state index in [-0.39, 0.29) is 5.28 Å². The molecule has 0 atom stereocenters. The zero-order valence-electron chi connectivity index (χ0n) is 11.7. The Bertz CT molecular complexity index is 381. The van der Waals surface area contributed by atoms with Crippen molar-refractivity contribution in [2.24, 2.45) is 11.8 Å². The zero-order chi connectivity index (χ0) is 13.7. The molecule has 1 aromatic heterocycles.